The van der Waals surface area contributed by atoms with E-state index in [0.717, 1.165) is 37.5 Å². The van der Waals surface area contributed by atoms with Crippen LogP contribution in [0.2, 0.25) is 0 Å². The molecular weight excluding hydrogens is 416 g/mol. The summed E-state index contributed by atoms with van der Waals surface area (Å²) in [5, 5.41) is 4.66. The lowest BCUT2D eigenvalue weighted by molar-refractivity contribution is 0.403. The molecule has 0 fully saturated rings. The maximum absolute atomic E-state index is 5.48. The molecule has 1 heterocycles. The van der Waals surface area contributed by atoms with Crippen LogP contribution in [0.25, 0.3) is 0 Å². The van der Waals surface area contributed by atoms with Crippen LogP contribution in [0.15, 0.2) is 21.1 Å². The standard InChI is InChI=1S/C15H18Br2N2OS/c1-8(15-9(2)19-10(3)21-15)18-7-11-5-12(16)6-13(17)14(11)20-4/h5-6,8,18H,7H2,1-4H3. The SMILES string of the molecule is COc1c(Br)cc(Br)cc1CNC(C)c1sc(C)nc1C. The van der Waals surface area contributed by atoms with Crippen LogP contribution in [0.3, 0.4) is 0 Å². The molecule has 0 amide bonds. The van der Waals surface area contributed by atoms with E-state index in [1.54, 1.807) is 18.4 Å². The van der Waals surface area contributed by atoms with Gasteiger partial charge in [0, 0.05) is 27.5 Å². The van der Waals surface area contributed by atoms with Gasteiger partial charge in [0.05, 0.1) is 22.3 Å². The van der Waals surface area contributed by atoms with Crippen LogP contribution in [-0.2, 0) is 6.54 Å². The molecule has 0 radical (unpaired) electrons. The van der Waals surface area contributed by atoms with Crippen LogP contribution in [-0.4, -0.2) is 12.1 Å². The van der Waals surface area contributed by atoms with Crippen molar-refractivity contribution >= 4 is 43.2 Å². The molecule has 21 heavy (non-hydrogen) atoms. The zero-order valence-corrected chi connectivity index (χ0v) is 16.4. The summed E-state index contributed by atoms with van der Waals surface area (Å²) in [4.78, 5) is 5.78. The first-order valence-electron chi connectivity index (χ1n) is 6.61. The van der Waals surface area contributed by atoms with Crippen molar-refractivity contribution in [1.82, 2.24) is 10.3 Å². The number of thiazole rings is 1. The van der Waals surface area contributed by atoms with Gasteiger partial charge in [0.2, 0.25) is 0 Å². The van der Waals surface area contributed by atoms with Gasteiger partial charge in [-0.2, -0.15) is 0 Å². The van der Waals surface area contributed by atoms with E-state index < -0.39 is 0 Å². The molecule has 6 heteroatoms. The molecule has 1 N–H and O–H groups in total. The molecular formula is C15H18Br2N2OS. The minimum atomic E-state index is 0.263. The summed E-state index contributed by atoms with van der Waals surface area (Å²) in [5.74, 6) is 0.870. The Bertz CT molecular complexity index is 643. The lowest BCUT2D eigenvalue weighted by Crippen LogP contribution is -2.18. The summed E-state index contributed by atoms with van der Waals surface area (Å²) in [7, 11) is 1.69. The highest BCUT2D eigenvalue weighted by atomic mass is 79.9. The Hall–Kier alpha value is -0.430. The molecule has 1 atom stereocenters. The second-order valence-corrected chi connectivity index (χ2v) is 7.87. The zero-order chi connectivity index (χ0) is 15.6. The van der Waals surface area contributed by atoms with Crippen molar-refractivity contribution in [3.8, 4) is 5.75 Å². The fourth-order valence-corrected chi connectivity index (χ4v) is 4.71. The molecule has 1 unspecified atom stereocenters. The number of aryl methyl sites for hydroxylation is 2. The van der Waals surface area contributed by atoms with Gasteiger partial charge < -0.3 is 10.1 Å². The van der Waals surface area contributed by atoms with Gasteiger partial charge in [-0.05, 0) is 48.8 Å². The van der Waals surface area contributed by atoms with Crippen LogP contribution >= 0.6 is 43.2 Å². The van der Waals surface area contributed by atoms with Crippen molar-refractivity contribution < 1.29 is 4.74 Å². The van der Waals surface area contributed by atoms with Crippen LogP contribution < -0.4 is 10.1 Å². The molecule has 0 bridgehead atoms. The van der Waals surface area contributed by atoms with Gasteiger partial charge >= 0.3 is 0 Å². The van der Waals surface area contributed by atoms with Crippen molar-refractivity contribution in [2.75, 3.05) is 7.11 Å². The van der Waals surface area contributed by atoms with Crippen molar-refractivity contribution in [2.45, 2.75) is 33.4 Å². The number of nitrogens with zero attached hydrogens (tertiary/aromatic N) is 1. The van der Waals surface area contributed by atoms with Crippen molar-refractivity contribution in [1.29, 1.82) is 0 Å². The lowest BCUT2D eigenvalue weighted by Gasteiger charge is -2.16. The second kappa shape index (κ2) is 7.22. The van der Waals surface area contributed by atoms with Gasteiger partial charge in [-0.25, -0.2) is 4.98 Å². The van der Waals surface area contributed by atoms with E-state index in [9.17, 15) is 0 Å². The van der Waals surface area contributed by atoms with E-state index in [1.165, 1.54) is 4.88 Å². The molecule has 1 aromatic carbocycles. The number of benzene rings is 1. The first kappa shape index (κ1) is 16.9. The molecule has 0 saturated heterocycles. The average Bonchev–Trinajstić information content (AvgIpc) is 2.74. The molecule has 0 aliphatic rings. The van der Waals surface area contributed by atoms with Crippen LogP contribution in [0.5, 0.6) is 5.75 Å². The molecule has 114 valence electrons. The van der Waals surface area contributed by atoms with Gasteiger partial charge in [0.1, 0.15) is 5.75 Å². The van der Waals surface area contributed by atoms with Crippen molar-refractivity contribution in [3.63, 3.8) is 0 Å². The Morgan fingerprint density at radius 3 is 2.62 bits per heavy atom. The molecule has 2 rings (SSSR count). The summed E-state index contributed by atoms with van der Waals surface area (Å²) < 4.78 is 7.46. The van der Waals surface area contributed by atoms with Crippen LogP contribution in [0, 0.1) is 13.8 Å². The number of ether oxygens (including phenoxy) is 1. The minimum Gasteiger partial charge on any atom is -0.495 e. The Balaban J connectivity index is 2.14. The monoisotopic (exact) mass is 432 g/mol. The van der Waals surface area contributed by atoms with E-state index in [-0.39, 0.29) is 6.04 Å². The number of methoxy groups -OCH3 is 1. The van der Waals surface area contributed by atoms with Crippen molar-refractivity contribution in [2.24, 2.45) is 0 Å². The quantitative estimate of drug-likeness (QED) is 0.708. The smallest absolute Gasteiger partial charge is 0.137 e. The third-order valence-corrected chi connectivity index (χ3v) is 5.52. The Labute approximate surface area is 146 Å². The largest absolute Gasteiger partial charge is 0.495 e. The number of nitrogens with one attached hydrogen (secondary N) is 1. The number of rotatable bonds is 5. The predicted molar refractivity (Wildman–Crippen MR) is 95.2 cm³/mol. The fourth-order valence-electron chi connectivity index (χ4n) is 2.28. The van der Waals surface area contributed by atoms with Crippen LogP contribution in [0.1, 0.15) is 34.1 Å². The summed E-state index contributed by atoms with van der Waals surface area (Å²) in [6.07, 6.45) is 0. The molecule has 3 nitrogen and oxygen atoms in total. The Morgan fingerprint density at radius 1 is 1.33 bits per heavy atom. The van der Waals surface area contributed by atoms with E-state index in [1.807, 2.05) is 13.0 Å². The molecule has 2 aromatic rings. The van der Waals surface area contributed by atoms with E-state index in [4.69, 9.17) is 4.74 Å². The second-order valence-electron chi connectivity index (χ2n) is 4.87. The first-order valence-corrected chi connectivity index (χ1v) is 9.01. The normalized spacial score (nSPS) is 12.5. The van der Waals surface area contributed by atoms with E-state index in [2.05, 4.69) is 62.1 Å². The molecule has 1 aromatic heterocycles. The van der Waals surface area contributed by atoms with E-state index in [0.29, 0.717) is 0 Å². The van der Waals surface area contributed by atoms with Gasteiger partial charge in [-0.3, -0.25) is 0 Å². The topological polar surface area (TPSA) is 34.1 Å². The molecule has 0 spiro atoms. The van der Waals surface area contributed by atoms with Gasteiger partial charge in [0.25, 0.3) is 0 Å². The Kier molecular flexibility index (Phi) is 5.82. The number of hydrogen-bond acceptors (Lipinski definition) is 4. The Morgan fingerprint density at radius 2 is 2.05 bits per heavy atom. The zero-order valence-electron chi connectivity index (χ0n) is 12.5. The number of halogens is 2. The van der Waals surface area contributed by atoms with Gasteiger partial charge in [-0.15, -0.1) is 11.3 Å². The maximum atomic E-state index is 5.48. The molecule has 0 aliphatic heterocycles. The molecule has 0 aliphatic carbocycles. The van der Waals surface area contributed by atoms with Crippen LogP contribution in [0.4, 0.5) is 0 Å². The summed E-state index contributed by atoms with van der Waals surface area (Å²) in [6, 6.07) is 4.33. The third-order valence-electron chi connectivity index (χ3n) is 3.22. The summed E-state index contributed by atoms with van der Waals surface area (Å²) >= 11 is 8.81. The van der Waals surface area contributed by atoms with Gasteiger partial charge in [0.15, 0.2) is 0 Å². The summed E-state index contributed by atoms with van der Waals surface area (Å²) in [5.41, 5.74) is 2.23. The highest BCUT2D eigenvalue weighted by Crippen LogP contribution is 2.33. The van der Waals surface area contributed by atoms with E-state index >= 15 is 0 Å². The molecule has 0 saturated carbocycles. The van der Waals surface area contributed by atoms with Crippen molar-refractivity contribution in [3.05, 3.63) is 42.2 Å². The highest BCUT2D eigenvalue weighted by Gasteiger charge is 2.14. The number of aromatic nitrogens is 1. The first-order chi connectivity index (χ1) is 9.92. The average molecular weight is 434 g/mol. The lowest BCUT2D eigenvalue weighted by atomic mass is 10.1. The number of hydrogen-bond donors (Lipinski definition) is 1. The summed E-state index contributed by atoms with van der Waals surface area (Å²) in [6.45, 7) is 7.01. The highest BCUT2D eigenvalue weighted by molar-refractivity contribution is 9.11. The van der Waals surface area contributed by atoms with Gasteiger partial charge in [-0.1, -0.05) is 15.9 Å². The predicted octanol–water partition coefficient (Wildman–Crippen LogP) is 5.14. The third kappa shape index (κ3) is 4.06. The maximum Gasteiger partial charge on any atom is 0.137 e. The minimum absolute atomic E-state index is 0.263. The fraction of sp³-hybridized carbons (Fsp3) is 0.400.